The van der Waals surface area contributed by atoms with Gasteiger partial charge in [-0.25, -0.2) is 0 Å². The van der Waals surface area contributed by atoms with Gasteiger partial charge in [0.05, 0.1) is 0 Å². The maximum atomic E-state index is 5.64. The first-order chi connectivity index (χ1) is 2.94. The van der Waals surface area contributed by atoms with Gasteiger partial charge in [0.15, 0.2) is 0 Å². The molecule has 0 aliphatic heterocycles. The van der Waals surface area contributed by atoms with Crippen molar-refractivity contribution in [2.75, 3.05) is 0 Å². The predicted octanol–water partition coefficient (Wildman–Crippen LogP) is 1.43. The van der Waals surface area contributed by atoms with Crippen LogP contribution in [0, 0.1) is 0 Å². The van der Waals surface area contributed by atoms with E-state index >= 15 is 0 Å². The van der Waals surface area contributed by atoms with Crippen molar-refractivity contribution in [3.63, 3.8) is 0 Å². The summed E-state index contributed by atoms with van der Waals surface area (Å²) in [7, 11) is 5.64. The van der Waals surface area contributed by atoms with Gasteiger partial charge in [0.2, 0.25) is 0 Å². The summed E-state index contributed by atoms with van der Waals surface area (Å²) in [5.41, 5.74) is 0. The van der Waals surface area contributed by atoms with Gasteiger partial charge in [-0.2, -0.15) is 0 Å². The molecule has 0 bridgehead atoms. The minimum atomic E-state index is -0.232. The monoisotopic (exact) mass is 229 g/mol. The van der Waals surface area contributed by atoms with E-state index in [2.05, 4.69) is 20.8 Å². The van der Waals surface area contributed by atoms with Gasteiger partial charge in [0, 0.05) is 0 Å². The van der Waals surface area contributed by atoms with Crippen LogP contribution in [0.1, 0.15) is 20.8 Å². The van der Waals surface area contributed by atoms with E-state index in [1.165, 1.54) is 0 Å². The molecule has 0 fully saturated rings. The van der Waals surface area contributed by atoms with Crippen LogP contribution in [0.25, 0.3) is 0 Å². The molecule has 0 N–H and O–H groups in total. The molecule has 0 heterocycles. The molecule has 0 rings (SSSR count). The van der Waals surface area contributed by atoms with Crippen LogP contribution in [-0.4, -0.2) is 34.0 Å². The molecule has 1 atom stereocenters. The van der Waals surface area contributed by atoms with Crippen molar-refractivity contribution in [3.8, 4) is 0 Å². The standard InChI is InChI=1S/C4H9BPTe/c1-4(2,3)6(5)7/h1-3H3/q+1. The zero-order valence-electron chi connectivity index (χ0n) is 4.93. The van der Waals surface area contributed by atoms with E-state index in [1.54, 1.807) is 0 Å². The molecule has 0 aliphatic rings. The van der Waals surface area contributed by atoms with Gasteiger partial charge in [-0.3, -0.25) is 0 Å². The summed E-state index contributed by atoms with van der Waals surface area (Å²) in [4.78, 5) is 0. The van der Waals surface area contributed by atoms with Gasteiger partial charge < -0.3 is 0 Å². The topological polar surface area (TPSA) is 0 Å². The van der Waals surface area contributed by atoms with Gasteiger partial charge >= 0.3 is 59.8 Å². The van der Waals surface area contributed by atoms with Gasteiger partial charge in [0.1, 0.15) is 0 Å². The van der Waals surface area contributed by atoms with Crippen LogP contribution < -0.4 is 0 Å². The molecule has 0 saturated carbocycles. The Bertz CT molecular complexity index is 84.2. The fourth-order valence-corrected chi connectivity index (χ4v) is 0. The summed E-state index contributed by atoms with van der Waals surface area (Å²) in [6.45, 7) is 6.50. The van der Waals surface area contributed by atoms with E-state index < -0.39 is 0 Å². The molecule has 0 aliphatic carbocycles. The fraction of sp³-hybridized carbons (Fsp3) is 1.00. The Hall–Kier alpha value is 1.15. The summed E-state index contributed by atoms with van der Waals surface area (Å²) < 4.78 is 0. The molecule has 1 unspecified atom stereocenters. The third kappa shape index (κ3) is 3.71. The van der Waals surface area contributed by atoms with Crippen molar-refractivity contribution in [2.45, 2.75) is 25.9 Å². The molecule has 0 spiro atoms. The summed E-state index contributed by atoms with van der Waals surface area (Å²) in [6, 6.07) is 0. The molecule has 38 valence electrons. The van der Waals surface area contributed by atoms with Crippen molar-refractivity contribution in [3.05, 3.63) is 0 Å². The summed E-state index contributed by atoms with van der Waals surface area (Å²) in [6.07, 6.45) is 0. The zero-order chi connectivity index (χ0) is 6.08. The van der Waals surface area contributed by atoms with Gasteiger partial charge in [-0.1, -0.05) is 0 Å². The summed E-state index contributed by atoms with van der Waals surface area (Å²) in [5.74, 6) is 0. The third-order valence-corrected chi connectivity index (χ3v) is 6.67. The van der Waals surface area contributed by atoms with Crippen LogP contribution in [0.5, 0.6) is 0 Å². The first-order valence-electron chi connectivity index (χ1n) is 2.16. The zero-order valence-corrected chi connectivity index (χ0v) is 8.16. The Balaban J connectivity index is 3.79. The summed E-state index contributed by atoms with van der Waals surface area (Å²) in [5, 5.41) is 0.116. The maximum absolute atomic E-state index is 5.64. The molecule has 2 radical (unpaired) electrons. The Morgan fingerprint density at radius 3 is 1.57 bits per heavy atom. The normalized spacial score (nSPS) is 13.9. The van der Waals surface area contributed by atoms with Crippen molar-refractivity contribution in [1.29, 1.82) is 0 Å². The van der Waals surface area contributed by atoms with E-state index in [1.807, 2.05) is 21.2 Å². The predicted molar refractivity (Wildman–Crippen MR) is 38.2 cm³/mol. The quantitative estimate of drug-likeness (QED) is 0.433. The second kappa shape index (κ2) is 2.63. The number of hydrogen-bond donors (Lipinski definition) is 0. The average Bonchev–Trinajstić information content (AvgIpc) is 1.31. The van der Waals surface area contributed by atoms with Crippen LogP contribution in [0.3, 0.4) is 0 Å². The van der Waals surface area contributed by atoms with E-state index in [4.69, 9.17) is 7.57 Å². The van der Waals surface area contributed by atoms with Gasteiger partial charge in [0.25, 0.3) is 0 Å². The van der Waals surface area contributed by atoms with Crippen LogP contribution in [-0.2, 0) is 0 Å². The van der Waals surface area contributed by atoms with Crippen LogP contribution >= 0.6 is 5.03 Å². The third-order valence-electron chi connectivity index (χ3n) is 0.661. The Labute approximate surface area is 59.8 Å². The van der Waals surface area contributed by atoms with Crippen LogP contribution in [0.2, 0.25) is 0 Å². The SMILES string of the molecule is [B][P+](=[Te])C(C)(C)C. The van der Waals surface area contributed by atoms with Crippen LogP contribution in [0.15, 0.2) is 0 Å². The fourth-order valence-electron chi connectivity index (χ4n) is 0. The molecule has 7 heavy (non-hydrogen) atoms. The second-order valence-electron chi connectivity index (χ2n) is 2.50. The molecule has 0 amide bonds. The molecular formula is C4H9BPTe+. The van der Waals surface area contributed by atoms with Crippen molar-refractivity contribution >= 4 is 33.8 Å². The molecule has 0 aromatic carbocycles. The average molecular weight is 227 g/mol. The van der Waals surface area contributed by atoms with Gasteiger partial charge in [-0.15, -0.1) is 0 Å². The molecule has 3 heteroatoms. The minimum absolute atomic E-state index is 0.232. The Morgan fingerprint density at radius 2 is 1.57 bits per heavy atom. The first kappa shape index (κ1) is 8.15. The Morgan fingerprint density at radius 1 is 1.43 bits per heavy atom. The van der Waals surface area contributed by atoms with E-state index in [0.717, 1.165) is 0 Å². The van der Waals surface area contributed by atoms with E-state index in [-0.39, 0.29) is 5.03 Å². The van der Waals surface area contributed by atoms with Crippen molar-refractivity contribution in [2.24, 2.45) is 0 Å². The van der Waals surface area contributed by atoms with Crippen LogP contribution in [0.4, 0.5) is 0 Å². The van der Waals surface area contributed by atoms with E-state index in [9.17, 15) is 0 Å². The van der Waals surface area contributed by atoms with Gasteiger partial charge in [-0.05, 0) is 0 Å². The molecular weight excluding hydrogens is 217 g/mol. The van der Waals surface area contributed by atoms with Crippen molar-refractivity contribution < 1.29 is 0 Å². The van der Waals surface area contributed by atoms with E-state index in [0.29, 0.717) is 5.16 Å². The second-order valence-corrected chi connectivity index (χ2v) is 7.86. The molecule has 0 saturated heterocycles. The summed E-state index contributed by atoms with van der Waals surface area (Å²) >= 11 is 2.03. The first-order valence-corrected chi connectivity index (χ1v) is 6.62. The Kier molecular flexibility index (Phi) is 3.06. The molecule has 0 aromatic rings. The number of hydrogen-bond acceptors (Lipinski definition) is 0. The van der Waals surface area contributed by atoms with Crippen molar-refractivity contribution in [1.82, 2.24) is 0 Å². The molecule has 0 nitrogen and oxygen atoms in total. The molecule has 0 aromatic heterocycles. The number of rotatable bonds is 0.